The van der Waals surface area contributed by atoms with Crippen molar-refractivity contribution < 1.29 is 4.92 Å². The Bertz CT molecular complexity index is 619. The highest BCUT2D eigenvalue weighted by Crippen LogP contribution is 2.31. The average Bonchev–Trinajstić information content (AvgIpc) is 2.39. The molecule has 0 amide bonds. The molecular weight excluding hydrogens is 328 g/mol. The Morgan fingerprint density at radius 3 is 2.63 bits per heavy atom. The SMILES string of the molecule is Nc1ccccc1SCc1ccc([N+](=O)[O-])cc1Br. The standard InChI is InChI=1S/C13H11BrN2O2S/c14-11-7-10(16(17)18)6-5-9(11)8-19-13-4-2-1-3-12(13)15/h1-7H,8,15H2. The van der Waals surface area contributed by atoms with Crippen LogP contribution in [0.25, 0.3) is 0 Å². The van der Waals surface area contributed by atoms with Crippen molar-refractivity contribution in [3.8, 4) is 0 Å². The summed E-state index contributed by atoms with van der Waals surface area (Å²) in [5.74, 6) is 0.701. The molecule has 0 bridgehead atoms. The van der Waals surface area contributed by atoms with Crippen molar-refractivity contribution in [2.75, 3.05) is 5.73 Å². The number of para-hydroxylation sites is 1. The third-order valence-corrected chi connectivity index (χ3v) is 4.43. The smallest absolute Gasteiger partial charge is 0.270 e. The molecule has 0 aliphatic rings. The number of hydrogen-bond acceptors (Lipinski definition) is 4. The van der Waals surface area contributed by atoms with Gasteiger partial charge in [0, 0.05) is 32.9 Å². The lowest BCUT2D eigenvalue weighted by molar-refractivity contribution is -0.384. The van der Waals surface area contributed by atoms with Gasteiger partial charge in [0.15, 0.2) is 0 Å². The Kier molecular flexibility index (Phi) is 4.44. The summed E-state index contributed by atoms with van der Waals surface area (Å²) in [7, 11) is 0. The van der Waals surface area contributed by atoms with E-state index in [0.717, 1.165) is 20.6 Å². The fourth-order valence-electron chi connectivity index (χ4n) is 1.53. The molecule has 0 fully saturated rings. The molecule has 0 spiro atoms. The van der Waals surface area contributed by atoms with Gasteiger partial charge in [-0.1, -0.05) is 34.1 Å². The predicted molar refractivity (Wildman–Crippen MR) is 81.2 cm³/mol. The van der Waals surface area contributed by atoms with E-state index in [1.54, 1.807) is 17.8 Å². The Hall–Kier alpha value is -1.53. The van der Waals surface area contributed by atoms with E-state index in [2.05, 4.69) is 15.9 Å². The second-order valence-electron chi connectivity index (χ2n) is 3.86. The third-order valence-electron chi connectivity index (χ3n) is 2.55. The predicted octanol–water partition coefficient (Wildman–Crippen LogP) is 4.23. The largest absolute Gasteiger partial charge is 0.398 e. The minimum Gasteiger partial charge on any atom is -0.398 e. The summed E-state index contributed by atoms with van der Waals surface area (Å²) in [6.07, 6.45) is 0. The van der Waals surface area contributed by atoms with Gasteiger partial charge in [-0.3, -0.25) is 10.1 Å². The number of benzene rings is 2. The molecule has 0 saturated heterocycles. The number of rotatable bonds is 4. The number of nitrogens with zero attached hydrogens (tertiary/aromatic N) is 1. The molecule has 0 saturated carbocycles. The minimum atomic E-state index is -0.406. The molecule has 98 valence electrons. The van der Waals surface area contributed by atoms with Crippen LogP contribution >= 0.6 is 27.7 Å². The van der Waals surface area contributed by atoms with Crippen LogP contribution in [0.1, 0.15) is 5.56 Å². The molecule has 2 rings (SSSR count). The number of halogens is 1. The fourth-order valence-corrected chi connectivity index (χ4v) is 3.20. The molecular formula is C13H11BrN2O2S. The first-order valence-electron chi connectivity index (χ1n) is 5.48. The average molecular weight is 339 g/mol. The Morgan fingerprint density at radius 1 is 1.26 bits per heavy atom. The summed E-state index contributed by atoms with van der Waals surface area (Å²) in [4.78, 5) is 11.3. The Balaban J connectivity index is 2.12. The van der Waals surface area contributed by atoms with E-state index >= 15 is 0 Å². The van der Waals surface area contributed by atoms with Crippen LogP contribution in [0.15, 0.2) is 51.8 Å². The van der Waals surface area contributed by atoms with E-state index in [4.69, 9.17) is 5.73 Å². The van der Waals surface area contributed by atoms with Crippen LogP contribution in [0.3, 0.4) is 0 Å². The number of non-ortho nitro benzene ring substituents is 1. The van der Waals surface area contributed by atoms with Crippen molar-refractivity contribution in [2.24, 2.45) is 0 Å². The van der Waals surface area contributed by atoms with Crippen molar-refractivity contribution in [2.45, 2.75) is 10.6 Å². The van der Waals surface area contributed by atoms with Gasteiger partial charge in [0.1, 0.15) is 0 Å². The van der Waals surface area contributed by atoms with Gasteiger partial charge < -0.3 is 5.73 Å². The van der Waals surface area contributed by atoms with Crippen molar-refractivity contribution in [3.05, 3.63) is 62.6 Å². The van der Waals surface area contributed by atoms with Gasteiger partial charge >= 0.3 is 0 Å². The minimum absolute atomic E-state index is 0.0832. The van der Waals surface area contributed by atoms with Gasteiger partial charge in [-0.2, -0.15) is 0 Å². The summed E-state index contributed by atoms with van der Waals surface area (Å²) in [6, 6.07) is 12.4. The van der Waals surface area contributed by atoms with E-state index < -0.39 is 4.92 Å². The lowest BCUT2D eigenvalue weighted by Crippen LogP contribution is -1.91. The molecule has 2 aromatic carbocycles. The number of nitrogen functional groups attached to an aromatic ring is 1. The van der Waals surface area contributed by atoms with Gasteiger partial charge in [0.25, 0.3) is 5.69 Å². The monoisotopic (exact) mass is 338 g/mol. The number of hydrogen-bond donors (Lipinski definition) is 1. The van der Waals surface area contributed by atoms with E-state index in [9.17, 15) is 10.1 Å². The number of nitro benzene ring substituents is 1. The van der Waals surface area contributed by atoms with E-state index in [1.807, 2.05) is 24.3 Å². The number of nitrogens with two attached hydrogens (primary N) is 1. The van der Waals surface area contributed by atoms with Crippen LogP contribution in [-0.2, 0) is 5.75 Å². The van der Waals surface area contributed by atoms with Gasteiger partial charge in [0.2, 0.25) is 0 Å². The van der Waals surface area contributed by atoms with Crippen LogP contribution in [0.4, 0.5) is 11.4 Å². The summed E-state index contributed by atoms with van der Waals surface area (Å²) >= 11 is 4.96. The van der Waals surface area contributed by atoms with E-state index in [1.165, 1.54) is 12.1 Å². The molecule has 0 aliphatic heterocycles. The molecule has 0 unspecified atom stereocenters. The maximum Gasteiger partial charge on any atom is 0.270 e. The first kappa shape index (κ1) is 13.9. The molecule has 0 radical (unpaired) electrons. The van der Waals surface area contributed by atoms with Gasteiger partial charge in [0.05, 0.1) is 4.92 Å². The number of anilines is 1. The lowest BCUT2D eigenvalue weighted by Gasteiger charge is -2.06. The number of nitro groups is 1. The van der Waals surface area contributed by atoms with E-state index in [-0.39, 0.29) is 5.69 Å². The maximum absolute atomic E-state index is 10.7. The lowest BCUT2D eigenvalue weighted by atomic mass is 10.2. The second-order valence-corrected chi connectivity index (χ2v) is 5.73. The van der Waals surface area contributed by atoms with E-state index in [0.29, 0.717) is 5.75 Å². The summed E-state index contributed by atoms with van der Waals surface area (Å²) in [5, 5.41) is 10.7. The van der Waals surface area contributed by atoms with Crippen LogP contribution in [0.5, 0.6) is 0 Å². The zero-order valence-corrected chi connectivity index (χ0v) is 12.3. The zero-order valence-electron chi connectivity index (χ0n) is 9.88. The first-order chi connectivity index (χ1) is 9.08. The molecule has 2 aromatic rings. The molecule has 0 heterocycles. The normalized spacial score (nSPS) is 10.4. The molecule has 4 nitrogen and oxygen atoms in total. The third kappa shape index (κ3) is 3.48. The maximum atomic E-state index is 10.7. The Labute approximate surface area is 123 Å². The zero-order chi connectivity index (χ0) is 13.8. The van der Waals surface area contributed by atoms with Gasteiger partial charge in [-0.25, -0.2) is 0 Å². The van der Waals surface area contributed by atoms with Crippen molar-refractivity contribution in [1.82, 2.24) is 0 Å². The van der Waals surface area contributed by atoms with Crippen molar-refractivity contribution >= 4 is 39.1 Å². The summed E-state index contributed by atoms with van der Waals surface area (Å²) in [5.41, 5.74) is 7.69. The molecule has 2 N–H and O–H groups in total. The van der Waals surface area contributed by atoms with Crippen LogP contribution in [0, 0.1) is 10.1 Å². The van der Waals surface area contributed by atoms with Crippen LogP contribution < -0.4 is 5.73 Å². The molecule has 19 heavy (non-hydrogen) atoms. The highest BCUT2D eigenvalue weighted by molar-refractivity contribution is 9.10. The summed E-state index contributed by atoms with van der Waals surface area (Å²) in [6.45, 7) is 0. The molecule has 6 heteroatoms. The first-order valence-corrected chi connectivity index (χ1v) is 7.26. The quantitative estimate of drug-likeness (QED) is 0.392. The van der Waals surface area contributed by atoms with Gasteiger partial charge in [-0.05, 0) is 17.7 Å². The van der Waals surface area contributed by atoms with Crippen LogP contribution in [-0.4, -0.2) is 4.92 Å². The van der Waals surface area contributed by atoms with Crippen molar-refractivity contribution in [1.29, 1.82) is 0 Å². The Morgan fingerprint density at radius 2 is 2.00 bits per heavy atom. The molecule has 0 aliphatic carbocycles. The molecule has 0 aromatic heterocycles. The highest BCUT2D eigenvalue weighted by Gasteiger charge is 2.09. The summed E-state index contributed by atoms with van der Waals surface area (Å²) < 4.78 is 0.740. The second kappa shape index (κ2) is 6.08. The highest BCUT2D eigenvalue weighted by atomic mass is 79.9. The fraction of sp³-hybridized carbons (Fsp3) is 0.0769. The van der Waals surface area contributed by atoms with Crippen LogP contribution in [0.2, 0.25) is 0 Å². The number of thioether (sulfide) groups is 1. The topological polar surface area (TPSA) is 69.2 Å². The van der Waals surface area contributed by atoms with Crippen molar-refractivity contribution in [3.63, 3.8) is 0 Å². The molecule has 0 atom stereocenters. The van der Waals surface area contributed by atoms with Gasteiger partial charge in [-0.15, -0.1) is 11.8 Å².